The summed E-state index contributed by atoms with van der Waals surface area (Å²) < 4.78 is 93.9. The van der Waals surface area contributed by atoms with Crippen molar-refractivity contribution < 1.29 is 35.8 Å². The van der Waals surface area contributed by atoms with Gasteiger partial charge in [0.05, 0.1) is 12.7 Å². The van der Waals surface area contributed by atoms with Crippen LogP contribution < -0.4 is 4.74 Å². The number of halogens is 6. The zero-order valence-electron chi connectivity index (χ0n) is 20.1. The highest BCUT2D eigenvalue weighted by Crippen LogP contribution is 2.33. The summed E-state index contributed by atoms with van der Waals surface area (Å²) in [6.45, 7) is 2.88. The van der Waals surface area contributed by atoms with Crippen molar-refractivity contribution in [1.29, 1.82) is 0 Å². The summed E-state index contributed by atoms with van der Waals surface area (Å²) in [5, 5.41) is 0. The molecule has 2 nitrogen and oxygen atoms in total. The monoisotopic (exact) mass is 520 g/mol. The maximum Gasteiger partial charge on any atom is 0.419 e. The average Bonchev–Trinajstić information content (AvgIpc) is 2.87. The molecule has 1 saturated heterocycles. The van der Waals surface area contributed by atoms with Crippen LogP contribution in [0.5, 0.6) is 5.75 Å². The van der Waals surface area contributed by atoms with Gasteiger partial charge in [0.2, 0.25) is 0 Å². The lowest BCUT2D eigenvalue weighted by molar-refractivity contribution is -0.131. The molecule has 3 aromatic rings. The van der Waals surface area contributed by atoms with Gasteiger partial charge in [0, 0.05) is 17.7 Å². The van der Waals surface area contributed by atoms with Crippen molar-refractivity contribution in [3.8, 4) is 16.9 Å². The summed E-state index contributed by atoms with van der Waals surface area (Å²) in [5.41, 5.74) is 0.932. The minimum absolute atomic E-state index is 0.00308. The Morgan fingerprint density at radius 2 is 1.62 bits per heavy atom. The highest BCUT2D eigenvalue weighted by atomic mass is 19.3. The SMILES string of the molecule is CCCC1CCC(c2ccc(C=CC(F)(F)Oc3ccc(-c4cc(F)c(F)c(F)c4)c(F)c3)cc2)OC1. The molecule has 0 aromatic heterocycles. The van der Waals surface area contributed by atoms with Crippen molar-refractivity contribution in [3.63, 3.8) is 0 Å². The molecule has 196 valence electrons. The number of hydrogen-bond donors (Lipinski definition) is 0. The van der Waals surface area contributed by atoms with E-state index in [-0.39, 0.29) is 17.2 Å². The van der Waals surface area contributed by atoms with Gasteiger partial charge >= 0.3 is 6.11 Å². The number of benzene rings is 3. The van der Waals surface area contributed by atoms with Crippen LogP contribution in [0.3, 0.4) is 0 Å². The molecule has 3 aromatic carbocycles. The number of alkyl halides is 2. The van der Waals surface area contributed by atoms with Gasteiger partial charge in [0.25, 0.3) is 0 Å². The molecule has 1 aliphatic rings. The molecule has 0 spiro atoms. The van der Waals surface area contributed by atoms with E-state index in [1.807, 2.05) is 12.1 Å². The maximum atomic E-state index is 14.5. The molecule has 0 aliphatic carbocycles. The molecule has 1 fully saturated rings. The molecule has 2 atom stereocenters. The molecule has 0 bridgehead atoms. The highest BCUT2D eigenvalue weighted by molar-refractivity contribution is 5.65. The van der Waals surface area contributed by atoms with E-state index in [0.29, 0.717) is 35.8 Å². The first-order valence-corrected chi connectivity index (χ1v) is 12.1. The van der Waals surface area contributed by atoms with Crippen molar-refractivity contribution in [2.45, 2.75) is 44.8 Å². The second-order valence-corrected chi connectivity index (χ2v) is 9.11. The van der Waals surface area contributed by atoms with E-state index in [9.17, 15) is 26.3 Å². The molecule has 37 heavy (non-hydrogen) atoms. The van der Waals surface area contributed by atoms with Crippen LogP contribution in [0.2, 0.25) is 0 Å². The van der Waals surface area contributed by atoms with E-state index < -0.39 is 35.1 Å². The van der Waals surface area contributed by atoms with Crippen molar-refractivity contribution in [2.24, 2.45) is 5.92 Å². The fraction of sp³-hybridized carbons (Fsp3) is 0.310. The number of rotatable bonds is 8. The van der Waals surface area contributed by atoms with Gasteiger partial charge in [-0.3, -0.25) is 0 Å². The third-order valence-corrected chi connectivity index (χ3v) is 6.33. The smallest absolute Gasteiger partial charge is 0.419 e. The van der Waals surface area contributed by atoms with Gasteiger partial charge in [0.1, 0.15) is 11.6 Å². The Morgan fingerprint density at radius 3 is 2.22 bits per heavy atom. The summed E-state index contributed by atoms with van der Waals surface area (Å²) in [4.78, 5) is 0. The summed E-state index contributed by atoms with van der Waals surface area (Å²) in [7, 11) is 0. The topological polar surface area (TPSA) is 18.5 Å². The largest absolute Gasteiger partial charge is 0.429 e. The summed E-state index contributed by atoms with van der Waals surface area (Å²) in [5.74, 6) is -5.65. The Kier molecular flexibility index (Phi) is 8.27. The van der Waals surface area contributed by atoms with Gasteiger partial charge in [-0.15, -0.1) is 0 Å². The average molecular weight is 521 g/mol. The lowest BCUT2D eigenvalue weighted by Gasteiger charge is -2.29. The maximum absolute atomic E-state index is 14.5. The lowest BCUT2D eigenvalue weighted by Crippen LogP contribution is -2.21. The Bertz CT molecular complexity index is 1220. The zero-order chi connectivity index (χ0) is 26.6. The van der Waals surface area contributed by atoms with Gasteiger partial charge in [-0.25, -0.2) is 17.6 Å². The van der Waals surface area contributed by atoms with Gasteiger partial charge in [-0.1, -0.05) is 37.6 Å². The highest BCUT2D eigenvalue weighted by Gasteiger charge is 2.28. The van der Waals surface area contributed by atoms with E-state index in [1.165, 1.54) is 6.08 Å². The van der Waals surface area contributed by atoms with Gasteiger partial charge in [-0.05, 0) is 72.2 Å². The molecular weight excluding hydrogens is 494 g/mol. The number of hydrogen-bond acceptors (Lipinski definition) is 2. The lowest BCUT2D eigenvalue weighted by atomic mass is 9.91. The first-order valence-electron chi connectivity index (χ1n) is 12.1. The van der Waals surface area contributed by atoms with Crippen molar-refractivity contribution in [1.82, 2.24) is 0 Å². The molecule has 2 unspecified atom stereocenters. The molecule has 8 heteroatoms. The second kappa shape index (κ2) is 11.4. The standard InChI is InChI=1S/C29H26F6O2/c1-2-3-19-6-11-27(36-17-19)20-7-4-18(5-8-20)12-13-29(34,35)37-22-9-10-23(24(30)16-22)21-14-25(31)28(33)26(32)15-21/h4-5,7-10,12-16,19,27H,2-3,6,11,17H2,1H3. The van der Waals surface area contributed by atoms with E-state index in [1.54, 1.807) is 12.1 Å². The second-order valence-electron chi connectivity index (χ2n) is 9.11. The molecule has 1 aliphatic heterocycles. The molecular formula is C29H26F6O2. The predicted octanol–water partition coefficient (Wildman–Crippen LogP) is 8.86. The zero-order valence-corrected chi connectivity index (χ0v) is 20.1. The Balaban J connectivity index is 1.39. The third-order valence-electron chi connectivity index (χ3n) is 6.33. The van der Waals surface area contributed by atoms with Crippen molar-refractivity contribution in [3.05, 3.63) is 95.1 Å². The van der Waals surface area contributed by atoms with Gasteiger partial charge in [-0.2, -0.15) is 8.78 Å². The first-order chi connectivity index (χ1) is 17.6. The molecule has 0 N–H and O–H groups in total. The molecule has 4 rings (SSSR count). The molecule has 1 heterocycles. The number of ether oxygens (including phenoxy) is 2. The minimum Gasteiger partial charge on any atom is -0.429 e. The molecule has 0 radical (unpaired) electrons. The van der Waals surface area contributed by atoms with Crippen molar-refractivity contribution >= 4 is 6.08 Å². The van der Waals surface area contributed by atoms with Crippen LogP contribution >= 0.6 is 0 Å². The third kappa shape index (κ3) is 6.74. The Hall–Kier alpha value is -3.26. The van der Waals surface area contributed by atoms with E-state index in [0.717, 1.165) is 50.0 Å². The first kappa shape index (κ1) is 26.8. The minimum atomic E-state index is -3.76. The van der Waals surface area contributed by atoms with Crippen LogP contribution in [0.25, 0.3) is 17.2 Å². The normalized spacial score (nSPS) is 18.4. The quantitative estimate of drug-likeness (QED) is 0.218. The Morgan fingerprint density at radius 1 is 0.919 bits per heavy atom. The predicted molar refractivity (Wildman–Crippen MR) is 129 cm³/mol. The van der Waals surface area contributed by atoms with E-state index >= 15 is 0 Å². The van der Waals surface area contributed by atoms with E-state index in [2.05, 4.69) is 11.7 Å². The van der Waals surface area contributed by atoms with Crippen LogP contribution in [0.15, 0.2) is 60.7 Å². The fourth-order valence-corrected chi connectivity index (χ4v) is 4.42. The van der Waals surface area contributed by atoms with Crippen LogP contribution in [0.1, 0.15) is 49.8 Å². The molecule has 0 saturated carbocycles. The fourth-order valence-electron chi connectivity index (χ4n) is 4.42. The summed E-state index contributed by atoms with van der Waals surface area (Å²) in [6.07, 6.45) is 2.28. The summed E-state index contributed by atoms with van der Waals surface area (Å²) >= 11 is 0. The van der Waals surface area contributed by atoms with Crippen LogP contribution in [0, 0.1) is 29.2 Å². The van der Waals surface area contributed by atoms with Gasteiger partial charge in [0.15, 0.2) is 17.5 Å². The molecule has 0 amide bonds. The van der Waals surface area contributed by atoms with Crippen LogP contribution in [-0.4, -0.2) is 12.7 Å². The van der Waals surface area contributed by atoms with E-state index in [4.69, 9.17) is 4.74 Å². The van der Waals surface area contributed by atoms with Crippen molar-refractivity contribution in [2.75, 3.05) is 6.61 Å². The van der Waals surface area contributed by atoms with Crippen LogP contribution in [0.4, 0.5) is 26.3 Å². The summed E-state index contributed by atoms with van der Waals surface area (Å²) in [6, 6.07) is 11.1. The van der Waals surface area contributed by atoms with Gasteiger partial charge < -0.3 is 9.47 Å². The van der Waals surface area contributed by atoms with Crippen LogP contribution in [-0.2, 0) is 4.74 Å². The Labute approximate surface area is 211 Å².